The van der Waals surface area contributed by atoms with Crippen LogP contribution in [0.1, 0.15) is 36.8 Å². The number of primary amides is 1. The van der Waals surface area contributed by atoms with Gasteiger partial charge in [-0.3, -0.25) is 14.9 Å². The number of nitrogens with one attached hydrogen (secondary N) is 1. The van der Waals surface area contributed by atoms with Crippen LogP contribution in [0, 0.1) is 0 Å². The van der Waals surface area contributed by atoms with Crippen molar-refractivity contribution >= 4 is 23.7 Å². The minimum atomic E-state index is -0.722. The van der Waals surface area contributed by atoms with Gasteiger partial charge in [0, 0.05) is 17.8 Å². The summed E-state index contributed by atoms with van der Waals surface area (Å²) in [6.45, 7) is 5.20. The van der Waals surface area contributed by atoms with E-state index >= 15 is 0 Å². The van der Waals surface area contributed by atoms with Gasteiger partial charge in [0.2, 0.25) is 11.9 Å². The fraction of sp³-hybridized carbons (Fsp3) is 0.357. The lowest BCUT2D eigenvalue weighted by Gasteiger charge is -2.09. The number of anilines is 1. The number of rotatable bonds is 6. The highest BCUT2D eigenvalue weighted by Crippen LogP contribution is 2.11. The summed E-state index contributed by atoms with van der Waals surface area (Å²) in [6.07, 6.45) is 2.77. The molecule has 0 aromatic carbocycles. The standard InChI is InChI=1S/C14H18N4O4/c1-4-10-9(13(21)22-5-2)7-16-14(17-10)18-12(20)8(3)6-11(15)19/h6-7H,4-5H2,1-3H3,(H2,15,19)(H,16,17,18,20)/b8-6-. The molecule has 1 rings (SSSR count). The van der Waals surface area contributed by atoms with Crippen LogP contribution < -0.4 is 11.1 Å². The van der Waals surface area contributed by atoms with Gasteiger partial charge in [-0.05, 0) is 20.3 Å². The summed E-state index contributed by atoms with van der Waals surface area (Å²) >= 11 is 0. The van der Waals surface area contributed by atoms with Crippen LogP contribution in [0.15, 0.2) is 17.8 Å². The highest BCUT2D eigenvalue weighted by molar-refractivity contribution is 6.06. The molecule has 1 heterocycles. The molecule has 8 nitrogen and oxygen atoms in total. The Morgan fingerprint density at radius 3 is 2.59 bits per heavy atom. The quantitative estimate of drug-likeness (QED) is 0.585. The molecule has 1 aromatic rings. The number of amides is 2. The van der Waals surface area contributed by atoms with E-state index < -0.39 is 17.8 Å². The molecular weight excluding hydrogens is 288 g/mol. The maximum absolute atomic E-state index is 11.8. The number of aromatic nitrogens is 2. The number of carbonyl (C=O) groups excluding carboxylic acids is 3. The second-order valence-corrected chi connectivity index (χ2v) is 4.31. The molecule has 118 valence electrons. The van der Waals surface area contributed by atoms with E-state index in [0.717, 1.165) is 6.08 Å². The van der Waals surface area contributed by atoms with Gasteiger partial charge in [0.05, 0.1) is 17.9 Å². The van der Waals surface area contributed by atoms with Crippen LogP contribution >= 0.6 is 0 Å². The molecule has 0 saturated heterocycles. The molecule has 0 atom stereocenters. The minimum Gasteiger partial charge on any atom is -0.462 e. The predicted molar refractivity (Wildman–Crippen MR) is 78.9 cm³/mol. The Morgan fingerprint density at radius 1 is 1.36 bits per heavy atom. The number of esters is 1. The maximum Gasteiger partial charge on any atom is 0.341 e. The largest absolute Gasteiger partial charge is 0.462 e. The summed E-state index contributed by atoms with van der Waals surface area (Å²) in [7, 11) is 0. The van der Waals surface area contributed by atoms with E-state index in [4.69, 9.17) is 10.5 Å². The van der Waals surface area contributed by atoms with Crippen molar-refractivity contribution in [3.05, 3.63) is 29.1 Å². The molecule has 0 aliphatic rings. The molecule has 3 N–H and O–H groups in total. The molecule has 0 radical (unpaired) electrons. The Balaban J connectivity index is 2.97. The smallest absolute Gasteiger partial charge is 0.341 e. The molecular formula is C14H18N4O4. The lowest BCUT2D eigenvalue weighted by atomic mass is 10.2. The van der Waals surface area contributed by atoms with E-state index in [9.17, 15) is 14.4 Å². The summed E-state index contributed by atoms with van der Waals surface area (Å²) < 4.78 is 4.91. The minimum absolute atomic E-state index is 0.0344. The van der Waals surface area contributed by atoms with Crippen LogP contribution in [0.25, 0.3) is 0 Å². The third-order valence-corrected chi connectivity index (χ3v) is 2.64. The third-order valence-electron chi connectivity index (χ3n) is 2.64. The fourth-order valence-electron chi connectivity index (χ4n) is 1.61. The predicted octanol–water partition coefficient (Wildman–Crippen LogP) is 0.586. The monoisotopic (exact) mass is 306 g/mol. The van der Waals surface area contributed by atoms with E-state index in [0.29, 0.717) is 12.1 Å². The molecule has 2 amide bonds. The van der Waals surface area contributed by atoms with Gasteiger partial charge < -0.3 is 10.5 Å². The van der Waals surface area contributed by atoms with Gasteiger partial charge in [-0.1, -0.05) is 6.92 Å². The first kappa shape index (κ1) is 17.3. The third kappa shape index (κ3) is 4.65. The average molecular weight is 306 g/mol. The number of nitrogens with two attached hydrogens (primary N) is 1. The molecule has 0 bridgehead atoms. The second kappa shape index (κ2) is 7.87. The van der Waals surface area contributed by atoms with Crippen molar-refractivity contribution in [1.82, 2.24) is 9.97 Å². The number of aryl methyl sites for hydroxylation is 1. The molecule has 22 heavy (non-hydrogen) atoms. The van der Waals surface area contributed by atoms with Crippen molar-refractivity contribution in [3.63, 3.8) is 0 Å². The topological polar surface area (TPSA) is 124 Å². The summed E-state index contributed by atoms with van der Waals surface area (Å²) in [4.78, 5) is 42.3. The molecule has 8 heteroatoms. The molecule has 0 saturated carbocycles. The van der Waals surface area contributed by atoms with E-state index in [1.165, 1.54) is 13.1 Å². The van der Waals surface area contributed by atoms with Crippen LogP contribution in [-0.4, -0.2) is 34.4 Å². The van der Waals surface area contributed by atoms with Gasteiger partial charge in [-0.2, -0.15) is 0 Å². The van der Waals surface area contributed by atoms with Crippen LogP contribution in [0.3, 0.4) is 0 Å². The fourth-order valence-corrected chi connectivity index (χ4v) is 1.61. The Morgan fingerprint density at radius 2 is 2.05 bits per heavy atom. The Kier molecular flexibility index (Phi) is 6.18. The summed E-state index contributed by atoms with van der Waals surface area (Å²) in [5.41, 5.74) is 5.82. The van der Waals surface area contributed by atoms with E-state index in [1.807, 2.05) is 6.92 Å². The van der Waals surface area contributed by atoms with E-state index in [1.54, 1.807) is 6.92 Å². The number of ether oxygens (including phenoxy) is 1. The lowest BCUT2D eigenvalue weighted by molar-refractivity contribution is -0.115. The number of carbonyl (C=O) groups is 3. The summed E-state index contributed by atoms with van der Waals surface area (Å²) in [5.74, 6) is -1.75. The zero-order chi connectivity index (χ0) is 16.7. The van der Waals surface area contributed by atoms with Crippen LogP contribution in [-0.2, 0) is 20.7 Å². The van der Waals surface area contributed by atoms with Crippen molar-refractivity contribution in [3.8, 4) is 0 Å². The first-order valence-corrected chi connectivity index (χ1v) is 6.71. The molecule has 0 aliphatic carbocycles. The van der Waals surface area contributed by atoms with Crippen LogP contribution in [0.2, 0.25) is 0 Å². The summed E-state index contributed by atoms with van der Waals surface area (Å²) in [6, 6.07) is 0. The molecule has 1 aromatic heterocycles. The zero-order valence-corrected chi connectivity index (χ0v) is 12.7. The molecule has 0 fully saturated rings. The first-order valence-electron chi connectivity index (χ1n) is 6.71. The van der Waals surface area contributed by atoms with Crippen molar-refractivity contribution < 1.29 is 19.1 Å². The maximum atomic E-state index is 11.8. The van der Waals surface area contributed by atoms with E-state index in [-0.39, 0.29) is 23.7 Å². The van der Waals surface area contributed by atoms with Gasteiger partial charge >= 0.3 is 5.97 Å². The highest BCUT2D eigenvalue weighted by Gasteiger charge is 2.16. The van der Waals surface area contributed by atoms with Crippen LogP contribution in [0.5, 0.6) is 0 Å². The van der Waals surface area contributed by atoms with Crippen molar-refractivity contribution in [2.45, 2.75) is 27.2 Å². The second-order valence-electron chi connectivity index (χ2n) is 4.31. The Bertz CT molecular complexity index is 625. The van der Waals surface area contributed by atoms with Gasteiger partial charge in [0.25, 0.3) is 5.91 Å². The van der Waals surface area contributed by atoms with Gasteiger partial charge in [0.15, 0.2) is 0 Å². The number of hydrogen-bond acceptors (Lipinski definition) is 6. The van der Waals surface area contributed by atoms with Gasteiger partial charge in [-0.25, -0.2) is 14.8 Å². The summed E-state index contributed by atoms with van der Waals surface area (Å²) in [5, 5.41) is 2.43. The van der Waals surface area contributed by atoms with Gasteiger partial charge in [0.1, 0.15) is 0 Å². The van der Waals surface area contributed by atoms with Gasteiger partial charge in [-0.15, -0.1) is 0 Å². The molecule has 0 aliphatic heterocycles. The van der Waals surface area contributed by atoms with E-state index in [2.05, 4.69) is 15.3 Å². The lowest BCUT2D eigenvalue weighted by Crippen LogP contribution is -2.19. The number of hydrogen-bond donors (Lipinski definition) is 2. The molecule has 0 spiro atoms. The van der Waals surface area contributed by atoms with Crippen molar-refractivity contribution in [2.24, 2.45) is 5.73 Å². The normalized spacial score (nSPS) is 11.0. The Labute approximate surface area is 127 Å². The van der Waals surface area contributed by atoms with Crippen molar-refractivity contribution in [1.29, 1.82) is 0 Å². The first-order chi connectivity index (χ1) is 10.4. The molecule has 0 unspecified atom stereocenters. The van der Waals surface area contributed by atoms with Crippen LogP contribution in [0.4, 0.5) is 5.95 Å². The van der Waals surface area contributed by atoms with Crippen molar-refractivity contribution in [2.75, 3.05) is 11.9 Å². The highest BCUT2D eigenvalue weighted by atomic mass is 16.5. The average Bonchev–Trinajstić information content (AvgIpc) is 2.46. The SMILES string of the molecule is CCOC(=O)c1cnc(NC(=O)/C(C)=C\C(N)=O)nc1CC. The Hall–Kier alpha value is -2.77. The zero-order valence-electron chi connectivity index (χ0n) is 12.7. The number of nitrogens with zero attached hydrogens (tertiary/aromatic N) is 2.